The molecule has 1 aromatic rings. The lowest BCUT2D eigenvalue weighted by Gasteiger charge is -2.30. The summed E-state index contributed by atoms with van der Waals surface area (Å²) in [6.45, 7) is 5.40. The van der Waals surface area contributed by atoms with Gasteiger partial charge in [0.2, 0.25) is 0 Å². The number of nitrogens with two attached hydrogens (primary N) is 1. The number of nitrogens with one attached hydrogen (secondary N) is 1. The molecule has 4 nitrogen and oxygen atoms in total. The molecule has 1 amide bonds. The van der Waals surface area contributed by atoms with Crippen LogP contribution in [0.2, 0.25) is 0 Å². The molecular formula is C12H20N2O2. The Morgan fingerprint density at radius 1 is 1.50 bits per heavy atom. The van der Waals surface area contributed by atoms with Gasteiger partial charge in [-0.15, -0.1) is 0 Å². The minimum Gasteiger partial charge on any atom is -0.472 e. The monoisotopic (exact) mass is 224 g/mol. The fourth-order valence-corrected chi connectivity index (χ4v) is 1.62. The molecule has 0 aliphatic carbocycles. The van der Waals surface area contributed by atoms with Gasteiger partial charge in [-0.25, -0.2) is 0 Å². The maximum absolute atomic E-state index is 11.7. The minimum absolute atomic E-state index is 0.0133. The van der Waals surface area contributed by atoms with Gasteiger partial charge >= 0.3 is 0 Å². The van der Waals surface area contributed by atoms with Crippen molar-refractivity contribution in [2.45, 2.75) is 26.7 Å². The summed E-state index contributed by atoms with van der Waals surface area (Å²) in [4.78, 5) is 11.7. The van der Waals surface area contributed by atoms with Crippen LogP contribution in [0.1, 0.15) is 37.0 Å². The zero-order valence-electron chi connectivity index (χ0n) is 9.95. The largest absolute Gasteiger partial charge is 0.472 e. The number of carbonyl (C=O) groups excluding carboxylic acids is 1. The van der Waals surface area contributed by atoms with Crippen LogP contribution in [0, 0.1) is 5.41 Å². The standard InChI is InChI=1S/C12H20N2O2/c1-3-12(4-2,8-13)9-14-11(15)10-5-6-16-7-10/h5-7H,3-4,8-9,13H2,1-2H3,(H,14,15). The van der Waals surface area contributed by atoms with E-state index in [0.29, 0.717) is 18.7 Å². The maximum Gasteiger partial charge on any atom is 0.254 e. The summed E-state index contributed by atoms with van der Waals surface area (Å²) >= 11 is 0. The van der Waals surface area contributed by atoms with Crippen molar-refractivity contribution in [3.8, 4) is 0 Å². The van der Waals surface area contributed by atoms with Gasteiger partial charge in [-0.05, 0) is 30.9 Å². The summed E-state index contributed by atoms with van der Waals surface area (Å²) in [7, 11) is 0. The summed E-state index contributed by atoms with van der Waals surface area (Å²) in [6.07, 6.45) is 4.86. The van der Waals surface area contributed by atoms with E-state index in [2.05, 4.69) is 19.2 Å². The van der Waals surface area contributed by atoms with E-state index < -0.39 is 0 Å². The Morgan fingerprint density at radius 2 is 2.19 bits per heavy atom. The van der Waals surface area contributed by atoms with Gasteiger partial charge in [0, 0.05) is 6.54 Å². The highest BCUT2D eigenvalue weighted by atomic mass is 16.3. The predicted octanol–water partition coefficient (Wildman–Crippen LogP) is 1.77. The van der Waals surface area contributed by atoms with Crippen molar-refractivity contribution in [3.05, 3.63) is 24.2 Å². The van der Waals surface area contributed by atoms with Gasteiger partial charge in [-0.3, -0.25) is 4.79 Å². The van der Waals surface area contributed by atoms with E-state index in [1.165, 1.54) is 12.5 Å². The zero-order valence-corrected chi connectivity index (χ0v) is 9.95. The summed E-state index contributed by atoms with van der Waals surface area (Å²) in [5, 5.41) is 2.90. The van der Waals surface area contributed by atoms with Crippen LogP contribution >= 0.6 is 0 Å². The molecule has 0 radical (unpaired) electrons. The van der Waals surface area contributed by atoms with Crippen molar-refractivity contribution in [1.29, 1.82) is 0 Å². The first kappa shape index (κ1) is 12.8. The first-order chi connectivity index (χ1) is 7.67. The molecule has 0 spiro atoms. The Balaban J connectivity index is 2.53. The highest BCUT2D eigenvalue weighted by Gasteiger charge is 2.25. The van der Waals surface area contributed by atoms with Gasteiger partial charge in [-0.1, -0.05) is 13.8 Å². The highest BCUT2D eigenvalue weighted by Crippen LogP contribution is 2.23. The van der Waals surface area contributed by atoms with Gasteiger partial charge < -0.3 is 15.5 Å². The van der Waals surface area contributed by atoms with Crippen LogP contribution in [-0.2, 0) is 0 Å². The maximum atomic E-state index is 11.7. The summed E-state index contributed by atoms with van der Waals surface area (Å²) in [5.41, 5.74) is 6.33. The molecule has 0 bridgehead atoms. The van der Waals surface area contributed by atoms with Gasteiger partial charge in [0.05, 0.1) is 11.8 Å². The highest BCUT2D eigenvalue weighted by molar-refractivity contribution is 5.93. The fraction of sp³-hybridized carbons (Fsp3) is 0.583. The van der Waals surface area contributed by atoms with E-state index in [9.17, 15) is 4.79 Å². The second-order valence-corrected chi connectivity index (χ2v) is 4.11. The Morgan fingerprint density at radius 3 is 2.62 bits per heavy atom. The molecule has 0 aromatic carbocycles. The average molecular weight is 224 g/mol. The molecule has 1 heterocycles. The van der Waals surface area contributed by atoms with Gasteiger partial charge in [0.15, 0.2) is 0 Å². The van der Waals surface area contributed by atoms with Crippen molar-refractivity contribution in [1.82, 2.24) is 5.32 Å². The van der Waals surface area contributed by atoms with E-state index in [-0.39, 0.29) is 11.3 Å². The Hall–Kier alpha value is -1.29. The topological polar surface area (TPSA) is 68.3 Å². The SMILES string of the molecule is CCC(CC)(CN)CNC(=O)c1ccoc1. The van der Waals surface area contributed by atoms with Crippen LogP contribution in [0.15, 0.2) is 23.0 Å². The zero-order chi connectivity index (χ0) is 12.0. The quantitative estimate of drug-likeness (QED) is 0.773. The van der Waals surface area contributed by atoms with Crippen molar-refractivity contribution < 1.29 is 9.21 Å². The van der Waals surface area contributed by atoms with Crippen LogP contribution in [0.4, 0.5) is 0 Å². The van der Waals surface area contributed by atoms with Gasteiger partial charge in [-0.2, -0.15) is 0 Å². The average Bonchev–Trinajstić information content (AvgIpc) is 2.85. The van der Waals surface area contributed by atoms with E-state index in [1.54, 1.807) is 6.07 Å². The molecule has 0 aliphatic heterocycles. The lowest BCUT2D eigenvalue weighted by Crippen LogP contribution is -2.41. The molecule has 1 aromatic heterocycles. The minimum atomic E-state index is -0.103. The smallest absolute Gasteiger partial charge is 0.254 e. The van der Waals surface area contributed by atoms with E-state index in [0.717, 1.165) is 12.8 Å². The number of hydrogen-bond donors (Lipinski definition) is 2. The Kier molecular flexibility index (Phi) is 4.55. The molecule has 90 valence electrons. The van der Waals surface area contributed by atoms with Crippen LogP contribution in [0.5, 0.6) is 0 Å². The molecule has 16 heavy (non-hydrogen) atoms. The third kappa shape index (κ3) is 2.85. The summed E-state index contributed by atoms with van der Waals surface area (Å²) in [6, 6.07) is 1.65. The summed E-state index contributed by atoms with van der Waals surface area (Å²) < 4.78 is 4.86. The lowest BCUT2D eigenvalue weighted by atomic mass is 9.82. The van der Waals surface area contributed by atoms with Crippen LogP contribution in [0.25, 0.3) is 0 Å². The van der Waals surface area contributed by atoms with E-state index >= 15 is 0 Å². The number of rotatable bonds is 6. The molecule has 0 fully saturated rings. The molecule has 0 saturated carbocycles. The number of hydrogen-bond acceptors (Lipinski definition) is 3. The van der Waals surface area contributed by atoms with Crippen LogP contribution < -0.4 is 11.1 Å². The summed E-state index contributed by atoms with van der Waals surface area (Å²) in [5.74, 6) is -0.103. The van der Waals surface area contributed by atoms with Gasteiger partial charge in [0.1, 0.15) is 6.26 Å². The second-order valence-electron chi connectivity index (χ2n) is 4.11. The molecular weight excluding hydrogens is 204 g/mol. The third-order valence-corrected chi connectivity index (χ3v) is 3.34. The third-order valence-electron chi connectivity index (χ3n) is 3.34. The van der Waals surface area contributed by atoms with Gasteiger partial charge in [0.25, 0.3) is 5.91 Å². The predicted molar refractivity (Wildman–Crippen MR) is 63.1 cm³/mol. The lowest BCUT2D eigenvalue weighted by molar-refractivity contribution is 0.0927. The first-order valence-corrected chi connectivity index (χ1v) is 5.68. The van der Waals surface area contributed by atoms with Crippen LogP contribution in [-0.4, -0.2) is 19.0 Å². The Labute approximate surface area is 96.2 Å². The number of carbonyl (C=O) groups is 1. The molecule has 1 rings (SSSR count). The normalized spacial score (nSPS) is 11.4. The molecule has 4 heteroatoms. The number of amides is 1. The van der Waals surface area contributed by atoms with E-state index in [4.69, 9.17) is 10.2 Å². The molecule has 0 saturated heterocycles. The van der Waals surface area contributed by atoms with Crippen LogP contribution in [0.3, 0.4) is 0 Å². The molecule has 0 atom stereocenters. The number of furan rings is 1. The van der Waals surface area contributed by atoms with Crippen molar-refractivity contribution in [2.24, 2.45) is 11.1 Å². The van der Waals surface area contributed by atoms with Crippen molar-refractivity contribution in [3.63, 3.8) is 0 Å². The first-order valence-electron chi connectivity index (χ1n) is 5.68. The van der Waals surface area contributed by atoms with E-state index in [1.807, 2.05) is 0 Å². The molecule has 3 N–H and O–H groups in total. The van der Waals surface area contributed by atoms with Crippen molar-refractivity contribution >= 4 is 5.91 Å². The Bertz CT molecular complexity index is 308. The molecule has 0 aliphatic rings. The molecule has 0 unspecified atom stereocenters. The fourth-order valence-electron chi connectivity index (χ4n) is 1.62. The second kappa shape index (κ2) is 5.70. The van der Waals surface area contributed by atoms with Crippen molar-refractivity contribution in [2.75, 3.05) is 13.1 Å².